The lowest BCUT2D eigenvalue weighted by molar-refractivity contribution is -0.384. The first-order chi connectivity index (χ1) is 7.59. The zero-order chi connectivity index (χ0) is 11.6. The van der Waals surface area contributed by atoms with E-state index in [9.17, 15) is 10.1 Å². The Labute approximate surface area is 94.8 Å². The van der Waals surface area contributed by atoms with Crippen molar-refractivity contribution in [2.75, 3.05) is 6.54 Å². The highest BCUT2D eigenvalue weighted by Crippen LogP contribution is 2.44. The summed E-state index contributed by atoms with van der Waals surface area (Å²) in [7, 11) is 0. The number of non-ortho nitro benzene ring substituents is 1. The van der Waals surface area contributed by atoms with Gasteiger partial charge in [0.05, 0.1) is 4.92 Å². The molecule has 1 aliphatic rings. The smallest absolute Gasteiger partial charge is 0.269 e. The third-order valence-electron chi connectivity index (χ3n) is 3.13. The molecule has 0 amide bonds. The van der Waals surface area contributed by atoms with Gasteiger partial charge in [0.2, 0.25) is 0 Å². The highest BCUT2D eigenvalue weighted by atomic mass is 16.6. The van der Waals surface area contributed by atoms with Crippen LogP contribution in [0, 0.1) is 15.5 Å². The first kappa shape index (κ1) is 11.1. The fourth-order valence-electron chi connectivity index (χ4n) is 1.63. The van der Waals surface area contributed by atoms with E-state index in [1.807, 2.05) is 0 Å². The van der Waals surface area contributed by atoms with Gasteiger partial charge in [-0.2, -0.15) is 0 Å². The van der Waals surface area contributed by atoms with Gasteiger partial charge >= 0.3 is 0 Å². The molecular weight excluding hydrogens is 204 g/mol. The molecule has 0 unspecified atom stereocenters. The molecule has 2 rings (SSSR count). The van der Waals surface area contributed by atoms with Gasteiger partial charge in [0, 0.05) is 25.2 Å². The van der Waals surface area contributed by atoms with Gasteiger partial charge in [0.25, 0.3) is 5.69 Å². The van der Waals surface area contributed by atoms with Crippen LogP contribution >= 0.6 is 0 Å². The molecule has 4 nitrogen and oxygen atoms in total. The van der Waals surface area contributed by atoms with Crippen molar-refractivity contribution < 1.29 is 4.92 Å². The van der Waals surface area contributed by atoms with Crippen LogP contribution in [0.3, 0.4) is 0 Å². The van der Waals surface area contributed by atoms with Crippen molar-refractivity contribution in [3.8, 4) is 0 Å². The minimum atomic E-state index is -0.373. The molecule has 0 saturated heterocycles. The monoisotopic (exact) mass is 220 g/mol. The molecule has 0 spiro atoms. The van der Waals surface area contributed by atoms with Crippen LogP contribution < -0.4 is 5.32 Å². The number of hydrogen-bond donors (Lipinski definition) is 1. The number of hydrogen-bond acceptors (Lipinski definition) is 3. The summed E-state index contributed by atoms with van der Waals surface area (Å²) < 4.78 is 0. The first-order valence-corrected chi connectivity index (χ1v) is 5.53. The number of benzene rings is 1. The van der Waals surface area contributed by atoms with Crippen molar-refractivity contribution in [2.45, 2.75) is 26.3 Å². The third-order valence-corrected chi connectivity index (χ3v) is 3.13. The van der Waals surface area contributed by atoms with Crippen LogP contribution in [0.4, 0.5) is 5.69 Å². The Bertz CT molecular complexity index is 383. The summed E-state index contributed by atoms with van der Waals surface area (Å²) in [6.45, 7) is 4.09. The molecule has 4 heteroatoms. The molecule has 1 aromatic carbocycles. The quantitative estimate of drug-likeness (QED) is 0.612. The van der Waals surface area contributed by atoms with Crippen LogP contribution in [-0.4, -0.2) is 11.5 Å². The van der Waals surface area contributed by atoms with Crippen molar-refractivity contribution in [3.05, 3.63) is 39.9 Å². The largest absolute Gasteiger partial charge is 0.312 e. The van der Waals surface area contributed by atoms with E-state index in [1.54, 1.807) is 24.3 Å². The predicted molar refractivity (Wildman–Crippen MR) is 62.1 cm³/mol. The summed E-state index contributed by atoms with van der Waals surface area (Å²) in [5.74, 6) is 0. The van der Waals surface area contributed by atoms with E-state index in [-0.39, 0.29) is 10.6 Å². The average Bonchev–Trinajstić information content (AvgIpc) is 2.97. The number of nitrogens with one attached hydrogen (secondary N) is 1. The lowest BCUT2D eigenvalue weighted by atomic mass is 10.1. The molecular formula is C12H16N2O2. The van der Waals surface area contributed by atoms with Crippen molar-refractivity contribution in [1.29, 1.82) is 0 Å². The molecule has 1 fully saturated rings. The van der Waals surface area contributed by atoms with Crippen LogP contribution in [0.2, 0.25) is 0 Å². The minimum absolute atomic E-state index is 0.151. The van der Waals surface area contributed by atoms with E-state index in [0.29, 0.717) is 5.41 Å². The molecule has 1 saturated carbocycles. The Morgan fingerprint density at radius 1 is 1.38 bits per heavy atom. The van der Waals surface area contributed by atoms with Gasteiger partial charge in [0.1, 0.15) is 0 Å². The van der Waals surface area contributed by atoms with Crippen molar-refractivity contribution in [1.82, 2.24) is 5.32 Å². The second-order valence-corrected chi connectivity index (χ2v) is 4.84. The summed E-state index contributed by atoms with van der Waals surface area (Å²) >= 11 is 0. The highest BCUT2D eigenvalue weighted by Gasteiger charge is 2.36. The van der Waals surface area contributed by atoms with Gasteiger partial charge in [0.15, 0.2) is 0 Å². The van der Waals surface area contributed by atoms with E-state index in [0.717, 1.165) is 18.7 Å². The molecule has 0 atom stereocenters. The maximum absolute atomic E-state index is 10.5. The zero-order valence-corrected chi connectivity index (χ0v) is 9.40. The average molecular weight is 220 g/mol. The number of nitro groups is 1. The van der Waals surface area contributed by atoms with E-state index in [4.69, 9.17) is 0 Å². The molecule has 0 radical (unpaired) electrons. The highest BCUT2D eigenvalue weighted by molar-refractivity contribution is 5.32. The third kappa shape index (κ3) is 2.79. The minimum Gasteiger partial charge on any atom is -0.312 e. The Morgan fingerprint density at radius 2 is 2.00 bits per heavy atom. The lowest BCUT2D eigenvalue weighted by Gasteiger charge is -2.09. The Hall–Kier alpha value is -1.42. The number of rotatable bonds is 5. The summed E-state index contributed by atoms with van der Waals surface area (Å²) in [6, 6.07) is 6.71. The van der Waals surface area contributed by atoms with Crippen LogP contribution in [0.15, 0.2) is 24.3 Å². The Balaban J connectivity index is 1.83. The van der Waals surface area contributed by atoms with E-state index < -0.39 is 0 Å². The molecule has 0 bridgehead atoms. The molecule has 1 aromatic rings. The first-order valence-electron chi connectivity index (χ1n) is 5.53. The number of nitrogens with zero attached hydrogens (tertiary/aromatic N) is 1. The second-order valence-electron chi connectivity index (χ2n) is 4.84. The van der Waals surface area contributed by atoms with Crippen LogP contribution in [0.5, 0.6) is 0 Å². The molecule has 1 N–H and O–H groups in total. The second kappa shape index (κ2) is 4.22. The summed E-state index contributed by atoms with van der Waals surface area (Å²) in [6.07, 6.45) is 2.61. The van der Waals surface area contributed by atoms with Gasteiger partial charge in [-0.25, -0.2) is 0 Å². The van der Waals surface area contributed by atoms with Crippen molar-refractivity contribution >= 4 is 5.69 Å². The normalized spacial score (nSPS) is 17.1. The van der Waals surface area contributed by atoms with Gasteiger partial charge < -0.3 is 5.32 Å². The summed E-state index contributed by atoms with van der Waals surface area (Å²) in [4.78, 5) is 10.1. The van der Waals surface area contributed by atoms with Gasteiger partial charge in [-0.3, -0.25) is 10.1 Å². The summed E-state index contributed by atoms with van der Waals surface area (Å²) in [5, 5.41) is 13.8. The maximum atomic E-state index is 10.5. The SMILES string of the molecule is CC1(CNCc2ccc([N+](=O)[O-])cc2)CC1. The van der Waals surface area contributed by atoms with Crippen molar-refractivity contribution in [2.24, 2.45) is 5.41 Å². The predicted octanol–water partition coefficient (Wildman–Crippen LogP) is 2.48. The molecule has 0 aromatic heterocycles. The van der Waals surface area contributed by atoms with Gasteiger partial charge in [-0.1, -0.05) is 19.1 Å². The maximum Gasteiger partial charge on any atom is 0.269 e. The summed E-state index contributed by atoms with van der Waals surface area (Å²) in [5.41, 5.74) is 1.74. The molecule has 0 aliphatic heterocycles. The topological polar surface area (TPSA) is 55.2 Å². The van der Waals surface area contributed by atoms with Crippen molar-refractivity contribution in [3.63, 3.8) is 0 Å². The Morgan fingerprint density at radius 3 is 2.50 bits per heavy atom. The van der Waals surface area contributed by atoms with Gasteiger partial charge in [-0.15, -0.1) is 0 Å². The molecule has 1 aliphatic carbocycles. The Kier molecular flexibility index (Phi) is 2.92. The van der Waals surface area contributed by atoms with E-state index in [1.165, 1.54) is 12.8 Å². The van der Waals surface area contributed by atoms with Crippen LogP contribution in [-0.2, 0) is 6.54 Å². The lowest BCUT2D eigenvalue weighted by Crippen LogP contribution is -2.21. The number of nitro benzene ring substituents is 1. The van der Waals surface area contributed by atoms with Crippen LogP contribution in [0.1, 0.15) is 25.3 Å². The molecule has 16 heavy (non-hydrogen) atoms. The van der Waals surface area contributed by atoms with Gasteiger partial charge in [-0.05, 0) is 23.8 Å². The van der Waals surface area contributed by atoms with E-state index in [2.05, 4.69) is 12.2 Å². The molecule has 86 valence electrons. The van der Waals surface area contributed by atoms with Crippen LogP contribution in [0.25, 0.3) is 0 Å². The zero-order valence-electron chi connectivity index (χ0n) is 9.40. The molecule has 0 heterocycles. The van der Waals surface area contributed by atoms with E-state index >= 15 is 0 Å². The fourth-order valence-corrected chi connectivity index (χ4v) is 1.63. The standard InChI is InChI=1S/C12H16N2O2/c1-12(6-7-12)9-13-8-10-2-4-11(5-3-10)14(15)16/h2-5,13H,6-9H2,1H3. The fraction of sp³-hybridized carbons (Fsp3) is 0.500.